The predicted octanol–water partition coefficient (Wildman–Crippen LogP) is 5.35. The minimum Gasteiger partial charge on any atom is -0.455 e. The van der Waals surface area contributed by atoms with Gasteiger partial charge in [-0.3, -0.25) is 4.79 Å². The van der Waals surface area contributed by atoms with Gasteiger partial charge in [-0.15, -0.1) is 0 Å². The Morgan fingerprint density at radius 3 is 2.25 bits per heavy atom. The molecule has 1 amide bonds. The van der Waals surface area contributed by atoms with Crippen molar-refractivity contribution in [1.82, 2.24) is 0 Å². The van der Waals surface area contributed by atoms with Gasteiger partial charge in [-0.1, -0.05) is 48.0 Å². The van der Waals surface area contributed by atoms with Crippen LogP contribution in [0.15, 0.2) is 72.8 Å². The van der Waals surface area contributed by atoms with Crippen LogP contribution >= 0.6 is 0 Å². The van der Waals surface area contributed by atoms with E-state index >= 15 is 0 Å². The summed E-state index contributed by atoms with van der Waals surface area (Å²) in [5.74, 6) is 1.20. The molecular weight excluding hydrogens is 298 g/mol. The summed E-state index contributed by atoms with van der Waals surface area (Å²) in [4.78, 5) is 12.5. The molecule has 0 spiro atoms. The Morgan fingerprint density at radius 2 is 1.50 bits per heavy atom. The molecule has 24 heavy (non-hydrogen) atoms. The van der Waals surface area contributed by atoms with Crippen LogP contribution in [0.25, 0.3) is 0 Å². The second kappa shape index (κ2) is 7.01. The predicted molar refractivity (Wildman–Crippen MR) is 96.8 cm³/mol. The molecular formula is C21H19NO2. The summed E-state index contributed by atoms with van der Waals surface area (Å²) in [5, 5.41) is 2.94. The summed E-state index contributed by atoms with van der Waals surface area (Å²) < 4.78 is 5.92. The minimum absolute atomic E-state index is 0.145. The first-order chi connectivity index (χ1) is 11.6. The lowest BCUT2D eigenvalue weighted by Gasteiger charge is -2.13. The summed E-state index contributed by atoms with van der Waals surface area (Å²) in [6.07, 6.45) is 0. The standard InChI is InChI=1S/C21H19NO2/c1-15-11-13-17(14-12-15)24-20-10-6-5-9-19(20)22-21(23)18-8-4-3-7-16(18)2/h3-14H,1-2H3,(H,22,23). The average molecular weight is 317 g/mol. The maximum Gasteiger partial charge on any atom is 0.256 e. The quantitative estimate of drug-likeness (QED) is 0.704. The fourth-order valence-electron chi connectivity index (χ4n) is 2.41. The molecule has 0 aliphatic rings. The van der Waals surface area contributed by atoms with Crippen molar-refractivity contribution in [2.45, 2.75) is 13.8 Å². The first-order valence-corrected chi connectivity index (χ1v) is 7.84. The summed E-state index contributed by atoms with van der Waals surface area (Å²) in [6, 6.07) is 22.7. The van der Waals surface area contributed by atoms with Gasteiger partial charge in [0.25, 0.3) is 5.91 Å². The molecule has 0 aliphatic heterocycles. The van der Waals surface area contributed by atoms with Gasteiger partial charge in [-0.2, -0.15) is 0 Å². The van der Waals surface area contributed by atoms with Crippen molar-refractivity contribution >= 4 is 11.6 Å². The first-order valence-electron chi connectivity index (χ1n) is 7.84. The fraction of sp³-hybridized carbons (Fsp3) is 0.0952. The van der Waals surface area contributed by atoms with Crippen molar-refractivity contribution in [1.29, 1.82) is 0 Å². The van der Waals surface area contributed by atoms with Crippen LogP contribution in [-0.2, 0) is 0 Å². The maximum absolute atomic E-state index is 12.5. The molecule has 120 valence electrons. The number of aryl methyl sites for hydroxylation is 2. The Bertz CT molecular complexity index is 854. The van der Waals surface area contributed by atoms with Crippen molar-refractivity contribution < 1.29 is 9.53 Å². The van der Waals surface area contributed by atoms with E-state index in [9.17, 15) is 4.79 Å². The summed E-state index contributed by atoms with van der Waals surface area (Å²) in [5.41, 5.74) is 3.41. The molecule has 1 N–H and O–H groups in total. The number of carbonyl (C=O) groups excluding carboxylic acids is 1. The van der Waals surface area contributed by atoms with Crippen LogP contribution < -0.4 is 10.1 Å². The second-order valence-electron chi connectivity index (χ2n) is 5.68. The monoisotopic (exact) mass is 317 g/mol. The van der Waals surface area contributed by atoms with E-state index in [2.05, 4.69) is 5.32 Å². The van der Waals surface area contributed by atoms with E-state index in [1.54, 1.807) is 0 Å². The van der Waals surface area contributed by atoms with Crippen LogP contribution in [-0.4, -0.2) is 5.91 Å². The number of hydrogen-bond donors (Lipinski definition) is 1. The van der Waals surface area contributed by atoms with Gasteiger partial charge in [0.05, 0.1) is 5.69 Å². The molecule has 3 aromatic carbocycles. The number of carbonyl (C=O) groups is 1. The van der Waals surface area contributed by atoms with E-state index in [1.165, 1.54) is 5.56 Å². The van der Waals surface area contributed by atoms with Crippen LogP contribution in [0.5, 0.6) is 11.5 Å². The van der Waals surface area contributed by atoms with E-state index in [0.717, 1.165) is 11.3 Å². The van der Waals surface area contributed by atoms with Gasteiger partial charge in [-0.25, -0.2) is 0 Å². The third-order valence-electron chi connectivity index (χ3n) is 3.77. The van der Waals surface area contributed by atoms with Gasteiger partial charge < -0.3 is 10.1 Å². The Balaban J connectivity index is 1.83. The molecule has 3 aromatic rings. The smallest absolute Gasteiger partial charge is 0.256 e. The molecule has 0 aromatic heterocycles. The largest absolute Gasteiger partial charge is 0.455 e. The Morgan fingerprint density at radius 1 is 0.833 bits per heavy atom. The normalized spacial score (nSPS) is 10.2. The van der Waals surface area contributed by atoms with Gasteiger partial charge in [0, 0.05) is 5.56 Å². The molecule has 0 atom stereocenters. The van der Waals surface area contributed by atoms with Crippen molar-refractivity contribution in [3.63, 3.8) is 0 Å². The van der Waals surface area contributed by atoms with E-state index in [0.29, 0.717) is 17.0 Å². The zero-order chi connectivity index (χ0) is 16.9. The molecule has 0 saturated carbocycles. The van der Waals surface area contributed by atoms with Crippen molar-refractivity contribution in [2.24, 2.45) is 0 Å². The number of anilines is 1. The zero-order valence-electron chi connectivity index (χ0n) is 13.7. The number of hydrogen-bond acceptors (Lipinski definition) is 2. The average Bonchev–Trinajstić information content (AvgIpc) is 2.59. The van der Waals surface area contributed by atoms with Gasteiger partial charge in [0.2, 0.25) is 0 Å². The lowest BCUT2D eigenvalue weighted by Crippen LogP contribution is -2.13. The van der Waals surface area contributed by atoms with E-state index in [1.807, 2.05) is 86.6 Å². The molecule has 0 aliphatic carbocycles. The number of nitrogens with one attached hydrogen (secondary N) is 1. The van der Waals surface area contributed by atoms with E-state index < -0.39 is 0 Å². The molecule has 3 nitrogen and oxygen atoms in total. The zero-order valence-corrected chi connectivity index (χ0v) is 13.7. The van der Waals surface area contributed by atoms with Gasteiger partial charge in [-0.05, 0) is 49.7 Å². The minimum atomic E-state index is -0.145. The third kappa shape index (κ3) is 3.63. The Hall–Kier alpha value is -3.07. The Labute approximate surface area is 141 Å². The van der Waals surface area contributed by atoms with Crippen molar-refractivity contribution in [3.8, 4) is 11.5 Å². The summed E-state index contributed by atoms with van der Waals surface area (Å²) >= 11 is 0. The van der Waals surface area contributed by atoms with Gasteiger partial charge >= 0.3 is 0 Å². The summed E-state index contributed by atoms with van der Waals surface area (Å²) in [6.45, 7) is 3.95. The Kier molecular flexibility index (Phi) is 4.62. The molecule has 3 rings (SSSR count). The van der Waals surface area contributed by atoms with Crippen LogP contribution in [0.2, 0.25) is 0 Å². The van der Waals surface area contributed by atoms with Crippen LogP contribution in [0.1, 0.15) is 21.5 Å². The molecule has 0 unspecified atom stereocenters. The van der Waals surface area contributed by atoms with Gasteiger partial charge in [0.1, 0.15) is 5.75 Å². The molecule has 0 saturated heterocycles. The van der Waals surface area contributed by atoms with Crippen LogP contribution in [0.4, 0.5) is 5.69 Å². The number of amides is 1. The van der Waals surface area contributed by atoms with E-state index in [4.69, 9.17) is 4.74 Å². The molecule has 0 fully saturated rings. The van der Waals surface area contributed by atoms with Crippen LogP contribution in [0.3, 0.4) is 0 Å². The first kappa shape index (κ1) is 15.8. The molecule has 3 heteroatoms. The highest BCUT2D eigenvalue weighted by molar-refractivity contribution is 6.06. The highest BCUT2D eigenvalue weighted by Crippen LogP contribution is 2.29. The number of rotatable bonds is 4. The lowest BCUT2D eigenvalue weighted by atomic mass is 10.1. The molecule has 0 radical (unpaired) electrons. The van der Waals surface area contributed by atoms with Gasteiger partial charge in [0.15, 0.2) is 5.75 Å². The topological polar surface area (TPSA) is 38.3 Å². The van der Waals surface area contributed by atoms with Crippen LogP contribution in [0, 0.1) is 13.8 Å². The third-order valence-corrected chi connectivity index (χ3v) is 3.77. The highest BCUT2D eigenvalue weighted by Gasteiger charge is 2.12. The van der Waals surface area contributed by atoms with Crippen molar-refractivity contribution in [2.75, 3.05) is 5.32 Å². The number of ether oxygens (including phenoxy) is 1. The maximum atomic E-state index is 12.5. The fourth-order valence-corrected chi connectivity index (χ4v) is 2.41. The summed E-state index contributed by atoms with van der Waals surface area (Å²) in [7, 11) is 0. The highest BCUT2D eigenvalue weighted by atomic mass is 16.5. The van der Waals surface area contributed by atoms with Crippen molar-refractivity contribution in [3.05, 3.63) is 89.5 Å². The second-order valence-corrected chi connectivity index (χ2v) is 5.68. The number of benzene rings is 3. The number of para-hydroxylation sites is 2. The van der Waals surface area contributed by atoms with E-state index in [-0.39, 0.29) is 5.91 Å². The molecule has 0 bridgehead atoms. The lowest BCUT2D eigenvalue weighted by molar-refractivity contribution is 0.102. The molecule has 0 heterocycles. The SMILES string of the molecule is Cc1ccc(Oc2ccccc2NC(=O)c2ccccc2C)cc1.